The van der Waals surface area contributed by atoms with Gasteiger partial charge in [-0.2, -0.15) is 5.10 Å². The summed E-state index contributed by atoms with van der Waals surface area (Å²) < 4.78 is 33.6. The Morgan fingerprint density at radius 3 is 2.29 bits per heavy atom. The molecule has 1 aromatic heterocycles. The third-order valence-electron chi connectivity index (χ3n) is 7.60. The molecule has 0 bridgehead atoms. The number of hydrogen-bond donors (Lipinski definition) is 0. The Morgan fingerprint density at radius 2 is 1.61 bits per heavy atom. The Balaban J connectivity index is 1.64. The fraction of sp³-hybridized carbons (Fsp3) is 0.267. The van der Waals surface area contributed by atoms with Crippen LogP contribution in [0.2, 0.25) is 10.0 Å². The maximum atomic E-state index is 15.7. The Labute approximate surface area is 248 Å². The monoisotopic (exact) mass is 608 g/mol. The van der Waals surface area contributed by atoms with E-state index in [4.69, 9.17) is 42.8 Å². The van der Waals surface area contributed by atoms with Crippen LogP contribution in [-0.4, -0.2) is 57.3 Å². The van der Waals surface area contributed by atoms with Gasteiger partial charge >= 0.3 is 0 Å². The number of fused-ring (bicyclic) bond motifs is 1. The van der Waals surface area contributed by atoms with Crippen molar-refractivity contribution in [1.29, 1.82) is 0 Å². The zero-order valence-corrected chi connectivity index (χ0v) is 24.8. The van der Waals surface area contributed by atoms with Crippen LogP contribution in [-0.2, 0) is 4.74 Å². The number of nitrogens with zero attached hydrogens (tertiary/aromatic N) is 6. The molecule has 1 aliphatic carbocycles. The van der Waals surface area contributed by atoms with Crippen molar-refractivity contribution in [3.63, 3.8) is 0 Å². The number of amidine groups is 1. The van der Waals surface area contributed by atoms with Crippen molar-refractivity contribution in [3.8, 4) is 5.69 Å². The average molecular weight is 609 g/mol. The molecule has 1 saturated carbocycles. The fourth-order valence-corrected chi connectivity index (χ4v) is 10.5. The summed E-state index contributed by atoms with van der Waals surface area (Å²) in [5.41, 5.74) is 2.64. The molecule has 0 radical (unpaired) electrons. The first kappa shape index (κ1) is 26.9. The average Bonchev–Trinajstić information content (AvgIpc) is 3.78. The van der Waals surface area contributed by atoms with Gasteiger partial charge in [0.25, 0.3) is 0 Å². The minimum absolute atomic E-state index is 0.127. The number of rotatable bonds is 5. The molecule has 2 aliphatic heterocycles. The van der Waals surface area contributed by atoms with Crippen molar-refractivity contribution in [3.05, 3.63) is 99.9 Å². The number of aromatic nitrogens is 2. The summed E-state index contributed by atoms with van der Waals surface area (Å²) in [4.78, 5) is 5.24. The summed E-state index contributed by atoms with van der Waals surface area (Å²) in [6.45, 7) is 4.40. The molecule has 7 nitrogen and oxygen atoms in total. The lowest BCUT2D eigenvalue weighted by Gasteiger charge is -2.48. The molecule has 0 spiro atoms. The van der Waals surface area contributed by atoms with Gasteiger partial charge in [0.2, 0.25) is 0 Å². The lowest BCUT2D eigenvalue weighted by Crippen LogP contribution is -2.48. The third-order valence-corrected chi connectivity index (χ3v) is 12.1. The SMILES string of the molecule is Cc1nn(-c2ccccc2)c2c1[P@](=Nc1c(Cl)cccc1Cl)(N1CCOCC1)N(C1CC1)C(c1ccccc1F)=N2. The smallest absolute Gasteiger partial charge is 0.170 e. The number of benzene rings is 3. The summed E-state index contributed by atoms with van der Waals surface area (Å²) >= 11 is 13.6. The van der Waals surface area contributed by atoms with E-state index < -0.39 is 7.36 Å². The molecule has 3 heterocycles. The van der Waals surface area contributed by atoms with E-state index >= 15 is 4.39 Å². The number of halogens is 3. The Hall–Kier alpha value is -3.00. The molecule has 3 aromatic carbocycles. The summed E-state index contributed by atoms with van der Waals surface area (Å²) in [5.74, 6) is 0.872. The van der Waals surface area contributed by atoms with Gasteiger partial charge in [0.1, 0.15) is 17.3 Å². The van der Waals surface area contributed by atoms with Crippen molar-refractivity contribution in [2.24, 2.45) is 9.74 Å². The number of aryl methyl sites for hydroxylation is 1. The zero-order chi connectivity index (χ0) is 28.1. The van der Waals surface area contributed by atoms with Crippen LogP contribution in [0.1, 0.15) is 24.1 Å². The number of ether oxygens (including phenoxy) is 1. The van der Waals surface area contributed by atoms with Gasteiger partial charge in [-0.05, 0) is 56.2 Å². The van der Waals surface area contributed by atoms with Gasteiger partial charge in [0, 0.05) is 19.1 Å². The highest BCUT2D eigenvalue weighted by molar-refractivity contribution is 7.70. The summed E-state index contributed by atoms with van der Waals surface area (Å²) in [5, 5.41) is 6.90. The van der Waals surface area contributed by atoms with Crippen LogP contribution < -0.4 is 5.30 Å². The van der Waals surface area contributed by atoms with Gasteiger partial charge in [0.15, 0.2) is 13.2 Å². The number of hydrogen-bond acceptors (Lipinski definition) is 4. The van der Waals surface area contributed by atoms with Gasteiger partial charge in [-0.3, -0.25) is 0 Å². The summed E-state index contributed by atoms with van der Waals surface area (Å²) in [7, 11) is -2.95. The van der Waals surface area contributed by atoms with Crippen LogP contribution in [0, 0.1) is 12.7 Å². The van der Waals surface area contributed by atoms with Gasteiger partial charge in [-0.15, -0.1) is 0 Å². The van der Waals surface area contributed by atoms with Crippen LogP contribution in [0.25, 0.3) is 5.69 Å². The van der Waals surface area contributed by atoms with E-state index in [0.717, 1.165) is 29.5 Å². The Kier molecular flexibility index (Phi) is 7.00. The standard InChI is InChI=1S/C30H28Cl2FN6OP/c1-20-28-30(38(35-20)21-8-3-2-4-9-21)34-29(23-10-5-6-13-26(23)33)39(22-14-15-22)41(28,37-16-18-40-19-17-37)36-27-24(31)11-7-12-25(27)32/h2-13,22H,14-19H2,1H3/t41-/m0/s1. The molecular weight excluding hydrogens is 581 g/mol. The maximum absolute atomic E-state index is 15.7. The molecule has 210 valence electrons. The van der Waals surface area contributed by atoms with E-state index in [9.17, 15) is 0 Å². The molecule has 1 saturated heterocycles. The lowest BCUT2D eigenvalue weighted by molar-refractivity contribution is 0.0729. The van der Waals surface area contributed by atoms with E-state index in [2.05, 4.69) is 9.34 Å². The van der Waals surface area contributed by atoms with E-state index in [1.807, 2.05) is 54.1 Å². The fourth-order valence-electron chi connectivity index (χ4n) is 5.64. The zero-order valence-electron chi connectivity index (χ0n) is 22.4. The van der Waals surface area contributed by atoms with Gasteiger partial charge in [0.05, 0.1) is 45.5 Å². The molecule has 1 atom stereocenters. The van der Waals surface area contributed by atoms with E-state index in [1.165, 1.54) is 6.07 Å². The number of morpholine rings is 1. The van der Waals surface area contributed by atoms with Crippen molar-refractivity contribution in [2.45, 2.75) is 25.8 Å². The first-order valence-electron chi connectivity index (χ1n) is 13.7. The molecule has 41 heavy (non-hydrogen) atoms. The molecule has 0 N–H and O–H groups in total. The molecule has 2 fully saturated rings. The highest BCUT2D eigenvalue weighted by Gasteiger charge is 2.52. The van der Waals surface area contributed by atoms with Gasteiger partial charge in [-0.25, -0.2) is 23.5 Å². The predicted octanol–water partition coefficient (Wildman–Crippen LogP) is 7.50. The first-order chi connectivity index (χ1) is 20.0. The third kappa shape index (κ3) is 4.53. The van der Waals surface area contributed by atoms with Crippen LogP contribution in [0.3, 0.4) is 0 Å². The van der Waals surface area contributed by atoms with Gasteiger partial charge in [-0.1, -0.05) is 59.6 Å². The second-order valence-corrected chi connectivity index (χ2v) is 13.9. The van der Waals surface area contributed by atoms with Crippen LogP contribution in [0.15, 0.2) is 82.5 Å². The second kappa shape index (κ2) is 10.7. The van der Waals surface area contributed by atoms with Crippen molar-refractivity contribution < 1.29 is 9.13 Å². The van der Waals surface area contributed by atoms with Crippen molar-refractivity contribution >= 4 is 53.2 Å². The first-order valence-corrected chi connectivity index (χ1v) is 16.1. The molecule has 0 amide bonds. The number of aliphatic imine (C=N–C) groups is 1. The van der Waals surface area contributed by atoms with E-state index in [1.54, 1.807) is 24.3 Å². The number of para-hydroxylation sites is 1. The minimum atomic E-state index is -2.95. The largest absolute Gasteiger partial charge is 0.379 e. The second-order valence-electron chi connectivity index (χ2n) is 10.3. The molecular formula is C30H28Cl2FN6OP. The normalized spacial score (nSPS) is 21.0. The maximum Gasteiger partial charge on any atom is 0.170 e. The van der Waals surface area contributed by atoms with E-state index in [-0.39, 0.29) is 11.9 Å². The minimum Gasteiger partial charge on any atom is -0.379 e. The molecule has 0 unspecified atom stereocenters. The van der Waals surface area contributed by atoms with Crippen LogP contribution in [0.4, 0.5) is 15.9 Å². The van der Waals surface area contributed by atoms with Crippen molar-refractivity contribution in [1.82, 2.24) is 19.1 Å². The predicted molar refractivity (Wildman–Crippen MR) is 163 cm³/mol. The lowest BCUT2D eigenvalue weighted by atomic mass is 10.2. The topological polar surface area (TPSA) is 58.3 Å². The molecule has 11 heteroatoms. The Morgan fingerprint density at radius 1 is 0.927 bits per heavy atom. The van der Waals surface area contributed by atoms with Crippen LogP contribution in [0.5, 0.6) is 0 Å². The van der Waals surface area contributed by atoms with Crippen LogP contribution >= 0.6 is 30.6 Å². The van der Waals surface area contributed by atoms with Crippen molar-refractivity contribution in [2.75, 3.05) is 26.3 Å². The molecule has 3 aliphatic rings. The summed E-state index contributed by atoms with van der Waals surface area (Å²) in [6.07, 6.45) is 1.90. The molecule has 4 aromatic rings. The Bertz CT molecular complexity index is 1700. The highest BCUT2D eigenvalue weighted by atomic mass is 35.5. The highest BCUT2D eigenvalue weighted by Crippen LogP contribution is 2.66. The quantitative estimate of drug-likeness (QED) is 0.220. The summed E-state index contributed by atoms with van der Waals surface area (Å²) in [6, 6.07) is 22.3. The van der Waals surface area contributed by atoms with Gasteiger partial charge < -0.3 is 9.41 Å². The van der Waals surface area contributed by atoms with E-state index in [0.29, 0.717) is 59.3 Å². The molecule has 7 rings (SSSR count).